The van der Waals surface area contributed by atoms with E-state index < -0.39 is 35.5 Å². The lowest BCUT2D eigenvalue weighted by Crippen LogP contribution is -2.55. The number of nitrogens with zero attached hydrogens (tertiary/aromatic N) is 1. The van der Waals surface area contributed by atoms with E-state index in [2.05, 4.69) is 10.6 Å². The first-order valence-corrected chi connectivity index (χ1v) is 9.44. The summed E-state index contributed by atoms with van der Waals surface area (Å²) in [6, 6.07) is -2.08. The molecule has 3 amide bonds. The van der Waals surface area contributed by atoms with Gasteiger partial charge in [0, 0.05) is 6.54 Å². The smallest absolute Gasteiger partial charge is 0.308 e. The molecule has 0 aliphatic carbocycles. The maximum atomic E-state index is 12.7. The molecule has 9 heteroatoms. The number of ether oxygens (including phenoxy) is 1. The number of amides is 3. The Morgan fingerprint density at radius 2 is 1.93 bits per heavy atom. The lowest BCUT2D eigenvalue weighted by molar-refractivity contribution is -0.156. The first-order valence-electron chi connectivity index (χ1n) is 9.44. The van der Waals surface area contributed by atoms with E-state index in [9.17, 15) is 19.2 Å². The van der Waals surface area contributed by atoms with Crippen molar-refractivity contribution in [1.29, 1.82) is 0 Å². The van der Waals surface area contributed by atoms with Gasteiger partial charge in [0.2, 0.25) is 17.7 Å². The fourth-order valence-corrected chi connectivity index (χ4v) is 3.44. The van der Waals surface area contributed by atoms with Gasteiger partial charge in [-0.1, -0.05) is 0 Å². The predicted molar refractivity (Wildman–Crippen MR) is 97.3 cm³/mol. The zero-order valence-corrected chi connectivity index (χ0v) is 16.2. The number of carbonyl (C=O) groups is 4. The summed E-state index contributed by atoms with van der Waals surface area (Å²) in [4.78, 5) is 50.5. The number of nitrogens with one attached hydrogen (secondary N) is 2. The Labute approximate surface area is 159 Å². The average Bonchev–Trinajstić information content (AvgIpc) is 3.23. The predicted octanol–water partition coefficient (Wildman–Crippen LogP) is -0.569. The molecule has 27 heavy (non-hydrogen) atoms. The molecule has 0 bridgehead atoms. The van der Waals surface area contributed by atoms with E-state index in [0.717, 1.165) is 19.4 Å². The van der Waals surface area contributed by atoms with Gasteiger partial charge in [0.25, 0.3) is 0 Å². The van der Waals surface area contributed by atoms with Crippen molar-refractivity contribution in [2.75, 3.05) is 13.1 Å². The zero-order chi connectivity index (χ0) is 20.2. The molecule has 0 saturated carbocycles. The standard InChI is InChI=1S/C18H30N4O5/c1-18(2,3)27-14(23)10-12(15(19)24)21-16(25)13-7-5-9-22(13)17(26)11-6-4-8-20-11/h11-13,20H,4-10H2,1-3H3,(H2,19,24)(H,21,25)/t11-,12+,13+/m1/s1. The maximum absolute atomic E-state index is 12.7. The van der Waals surface area contributed by atoms with Crippen molar-refractivity contribution in [3.8, 4) is 0 Å². The normalized spacial score (nSPS) is 23.7. The molecule has 3 atom stereocenters. The zero-order valence-electron chi connectivity index (χ0n) is 16.2. The van der Waals surface area contributed by atoms with Crippen LogP contribution in [-0.2, 0) is 23.9 Å². The Balaban J connectivity index is 1.98. The Bertz CT molecular complexity index is 595. The molecular formula is C18H30N4O5. The van der Waals surface area contributed by atoms with Gasteiger partial charge in [-0.2, -0.15) is 0 Å². The minimum absolute atomic E-state index is 0.0899. The molecule has 0 unspecified atom stereocenters. The van der Waals surface area contributed by atoms with Crippen LogP contribution in [0.15, 0.2) is 0 Å². The van der Waals surface area contributed by atoms with E-state index in [4.69, 9.17) is 10.5 Å². The van der Waals surface area contributed by atoms with Crippen molar-refractivity contribution in [3.63, 3.8) is 0 Å². The van der Waals surface area contributed by atoms with Crippen LogP contribution in [0.1, 0.15) is 52.9 Å². The Hall–Kier alpha value is -2.16. The quantitative estimate of drug-likeness (QED) is 0.528. The molecule has 2 rings (SSSR count). The third-order valence-corrected chi connectivity index (χ3v) is 4.65. The molecule has 152 valence electrons. The van der Waals surface area contributed by atoms with E-state index in [1.165, 1.54) is 0 Å². The van der Waals surface area contributed by atoms with Gasteiger partial charge in [0.15, 0.2) is 0 Å². The molecule has 2 fully saturated rings. The first kappa shape index (κ1) is 21.1. The molecule has 2 saturated heterocycles. The van der Waals surface area contributed by atoms with Gasteiger partial charge in [0.05, 0.1) is 12.5 Å². The van der Waals surface area contributed by atoms with Gasteiger partial charge in [0.1, 0.15) is 17.7 Å². The van der Waals surface area contributed by atoms with Crippen molar-refractivity contribution >= 4 is 23.7 Å². The summed E-state index contributed by atoms with van der Waals surface area (Å²) in [7, 11) is 0. The number of carbonyl (C=O) groups excluding carboxylic acids is 4. The average molecular weight is 382 g/mol. The molecule has 0 aromatic rings. The number of rotatable bonds is 6. The largest absolute Gasteiger partial charge is 0.460 e. The van der Waals surface area contributed by atoms with Crippen molar-refractivity contribution in [1.82, 2.24) is 15.5 Å². The van der Waals surface area contributed by atoms with Crippen LogP contribution in [0.4, 0.5) is 0 Å². The number of likely N-dealkylation sites (tertiary alicyclic amines) is 1. The van der Waals surface area contributed by atoms with E-state index in [1.54, 1.807) is 25.7 Å². The van der Waals surface area contributed by atoms with Gasteiger partial charge < -0.3 is 26.0 Å². The van der Waals surface area contributed by atoms with Gasteiger partial charge >= 0.3 is 5.97 Å². The van der Waals surface area contributed by atoms with Crippen LogP contribution in [0.25, 0.3) is 0 Å². The van der Waals surface area contributed by atoms with Crippen molar-refractivity contribution in [3.05, 3.63) is 0 Å². The Morgan fingerprint density at radius 1 is 1.22 bits per heavy atom. The number of nitrogens with two attached hydrogens (primary N) is 1. The summed E-state index contributed by atoms with van der Waals surface area (Å²) >= 11 is 0. The SMILES string of the molecule is CC(C)(C)OC(=O)C[C@H](NC(=O)[C@@H]1CCCN1C(=O)[C@H]1CCCN1)C(N)=O. The maximum Gasteiger partial charge on any atom is 0.308 e. The van der Waals surface area contributed by atoms with Crippen molar-refractivity contribution < 1.29 is 23.9 Å². The molecule has 4 N–H and O–H groups in total. The lowest BCUT2D eigenvalue weighted by Gasteiger charge is -2.28. The van der Waals surface area contributed by atoms with E-state index >= 15 is 0 Å². The number of primary amides is 1. The lowest BCUT2D eigenvalue weighted by atomic mass is 10.1. The van der Waals surface area contributed by atoms with E-state index in [-0.39, 0.29) is 18.4 Å². The summed E-state index contributed by atoms with van der Waals surface area (Å²) in [5.41, 5.74) is 4.64. The molecule has 2 heterocycles. The number of hydrogen-bond donors (Lipinski definition) is 3. The van der Waals surface area contributed by atoms with Crippen LogP contribution in [0, 0.1) is 0 Å². The molecule has 0 spiro atoms. The number of hydrogen-bond acceptors (Lipinski definition) is 6. The highest BCUT2D eigenvalue weighted by atomic mass is 16.6. The minimum atomic E-state index is -1.17. The molecule has 0 aromatic heterocycles. The summed E-state index contributed by atoms with van der Waals surface area (Å²) in [5.74, 6) is -2.00. The highest BCUT2D eigenvalue weighted by molar-refractivity contribution is 5.94. The topological polar surface area (TPSA) is 131 Å². The van der Waals surface area contributed by atoms with Crippen LogP contribution < -0.4 is 16.4 Å². The second-order valence-electron chi connectivity index (χ2n) is 8.09. The highest BCUT2D eigenvalue weighted by Gasteiger charge is 2.39. The molecular weight excluding hydrogens is 352 g/mol. The third-order valence-electron chi connectivity index (χ3n) is 4.65. The van der Waals surface area contributed by atoms with Gasteiger partial charge in [-0.3, -0.25) is 19.2 Å². The summed E-state index contributed by atoms with van der Waals surface area (Å²) in [6.07, 6.45) is 2.57. The molecule has 0 aromatic carbocycles. The van der Waals surface area contributed by atoms with Crippen molar-refractivity contribution in [2.24, 2.45) is 5.73 Å². The Morgan fingerprint density at radius 3 is 2.48 bits per heavy atom. The van der Waals surface area contributed by atoms with Gasteiger partial charge in [-0.25, -0.2) is 0 Å². The van der Waals surface area contributed by atoms with Crippen LogP contribution in [-0.4, -0.2) is 65.4 Å². The second kappa shape index (κ2) is 8.69. The highest BCUT2D eigenvalue weighted by Crippen LogP contribution is 2.21. The Kier molecular flexibility index (Phi) is 6.80. The fraction of sp³-hybridized carbons (Fsp3) is 0.778. The van der Waals surface area contributed by atoms with Gasteiger partial charge in [-0.15, -0.1) is 0 Å². The monoisotopic (exact) mass is 382 g/mol. The van der Waals surface area contributed by atoms with Crippen LogP contribution >= 0.6 is 0 Å². The van der Waals surface area contributed by atoms with Crippen LogP contribution in [0.2, 0.25) is 0 Å². The molecule has 2 aliphatic rings. The van der Waals surface area contributed by atoms with Crippen LogP contribution in [0.3, 0.4) is 0 Å². The molecule has 0 radical (unpaired) electrons. The number of esters is 1. The first-order chi connectivity index (χ1) is 12.6. The van der Waals surface area contributed by atoms with Crippen molar-refractivity contribution in [2.45, 2.75) is 76.6 Å². The summed E-state index contributed by atoms with van der Waals surface area (Å²) in [5, 5.41) is 5.66. The van der Waals surface area contributed by atoms with E-state index in [0.29, 0.717) is 19.4 Å². The summed E-state index contributed by atoms with van der Waals surface area (Å²) in [6.45, 7) is 6.43. The summed E-state index contributed by atoms with van der Waals surface area (Å²) < 4.78 is 5.18. The molecule has 2 aliphatic heterocycles. The van der Waals surface area contributed by atoms with E-state index in [1.807, 2.05) is 0 Å². The second-order valence-corrected chi connectivity index (χ2v) is 8.09. The minimum Gasteiger partial charge on any atom is -0.460 e. The van der Waals surface area contributed by atoms with Gasteiger partial charge in [-0.05, 0) is 53.0 Å². The van der Waals surface area contributed by atoms with Crippen LogP contribution in [0.5, 0.6) is 0 Å². The third kappa shape index (κ3) is 5.92. The molecule has 9 nitrogen and oxygen atoms in total. The fourth-order valence-electron chi connectivity index (χ4n) is 3.44.